The Bertz CT molecular complexity index is 434. The van der Waals surface area contributed by atoms with Crippen molar-refractivity contribution in [3.63, 3.8) is 0 Å². The van der Waals surface area contributed by atoms with E-state index in [0.717, 1.165) is 32.2 Å². The van der Waals surface area contributed by atoms with Gasteiger partial charge in [-0.2, -0.15) is 0 Å². The molecule has 1 aliphatic carbocycles. The summed E-state index contributed by atoms with van der Waals surface area (Å²) < 4.78 is 0. The van der Waals surface area contributed by atoms with Gasteiger partial charge < -0.3 is 10.4 Å². The third-order valence-electron chi connectivity index (χ3n) is 4.93. The zero-order valence-corrected chi connectivity index (χ0v) is 13.4. The van der Waals surface area contributed by atoms with Crippen LogP contribution in [0.3, 0.4) is 0 Å². The molecule has 1 saturated carbocycles. The summed E-state index contributed by atoms with van der Waals surface area (Å²) in [5.74, 6) is 0. The Morgan fingerprint density at radius 1 is 1.05 bits per heavy atom. The van der Waals surface area contributed by atoms with Gasteiger partial charge in [-0.15, -0.1) is 0 Å². The minimum absolute atomic E-state index is 0.402. The molecule has 1 fully saturated rings. The Kier molecular flexibility index (Phi) is 4.55. The summed E-state index contributed by atoms with van der Waals surface area (Å²) in [6, 6.07) is 6.41. The minimum atomic E-state index is -0.508. The molecule has 2 N–H and O–H groups in total. The number of hydrogen-bond acceptors (Lipinski definition) is 2. The van der Waals surface area contributed by atoms with E-state index >= 15 is 0 Å². The second-order valence-electron chi connectivity index (χ2n) is 7.36. The van der Waals surface area contributed by atoms with Crippen LogP contribution in [0.5, 0.6) is 0 Å². The molecule has 0 heterocycles. The van der Waals surface area contributed by atoms with Crippen LogP contribution in [0.15, 0.2) is 18.2 Å². The molecule has 2 nitrogen and oxygen atoms in total. The summed E-state index contributed by atoms with van der Waals surface area (Å²) >= 11 is 0. The van der Waals surface area contributed by atoms with E-state index in [4.69, 9.17) is 0 Å². The maximum atomic E-state index is 10.7. The topological polar surface area (TPSA) is 32.3 Å². The molecule has 2 heteroatoms. The molecule has 0 spiro atoms. The molecule has 0 saturated heterocycles. The van der Waals surface area contributed by atoms with Crippen LogP contribution in [0.2, 0.25) is 0 Å². The zero-order valence-electron chi connectivity index (χ0n) is 13.4. The summed E-state index contributed by atoms with van der Waals surface area (Å²) in [6.07, 6.45) is 4.07. The molecule has 1 aliphatic rings. The van der Waals surface area contributed by atoms with E-state index in [-0.39, 0.29) is 0 Å². The first-order valence-corrected chi connectivity index (χ1v) is 7.80. The van der Waals surface area contributed by atoms with Crippen molar-refractivity contribution in [1.82, 2.24) is 5.32 Å². The van der Waals surface area contributed by atoms with Crippen molar-refractivity contribution in [3.8, 4) is 0 Å². The molecule has 0 radical (unpaired) electrons. The van der Waals surface area contributed by atoms with Crippen LogP contribution in [0, 0.1) is 19.3 Å². The van der Waals surface area contributed by atoms with E-state index in [2.05, 4.69) is 51.2 Å². The number of rotatable bonds is 4. The van der Waals surface area contributed by atoms with Gasteiger partial charge in [0.25, 0.3) is 0 Å². The van der Waals surface area contributed by atoms with Gasteiger partial charge in [-0.05, 0) is 61.6 Å². The lowest BCUT2D eigenvalue weighted by Gasteiger charge is -2.40. The number of nitrogens with one attached hydrogen (secondary N) is 1. The molecule has 0 atom stereocenters. The van der Waals surface area contributed by atoms with Gasteiger partial charge in [0.2, 0.25) is 0 Å². The van der Waals surface area contributed by atoms with Gasteiger partial charge >= 0.3 is 0 Å². The van der Waals surface area contributed by atoms with Crippen molar-refractivity contribution in [2.24, 2.45) is 5.41 Å². The maximum absolute atomic E-state index is 10.7. The van der Waals surface area contributed by atoms with E-state index in [1.165, 1.54) is 16.7 Å². The lowest BCUT2D eigenvalue weighted by Crippen LogP contribution is -2.44. The average molecular weight is 275 g/mol. The van der Waals surface area contributed by atoms with Crippen LogP contribution in [0.25, 0.3) is 0 Å². The lowest BCUT2D eigenvalue weighted by molar-refractivity contribution is -0.0245. The van der Waals surface area contributed by atoms with Gasteiger partial charge in [-0.25, -0.2) is 0 Å². The Morgan fingerprint density at radius 2 is 1.60 bits per heavy atom. The van der Waals surface area contributed by atoms with Crippen molar-refractivity contribution in [1.29, 1.82) is 0 Å². The van der Waals surface area contributed by atoms with Gasteiger partial charge in [0.1, 0.15) is 0 Å². The molecule has 112 valence electrons. The maximum Gasteiger partial charge on any atom is 0.0772 e. The zero-order chi connectivity index (χ0) is 14.8. The molecule has 20 heavy (non-hydrogen) atoms. The Balaban J connectivity index is 1.87. The Morgan fingerprint density at radius 3 is 2.15 bits per heavy atom. The number of hydrogen-bond donors (Lipinski definition) is 2. The Hall–Kier alpha value is -0.860. The summed E-state index contributed by atoms with van der Waals surface area (Å²) in [7, 11) is 0. The first-order chi connectivity index (χ1) is 9.31. The summed E-state index contributed by atoms with van der Waals surface area (Å²) in [5.41, 5.74) is 3.92. The molecular weight excluding hydrogens is 246 g/mol. The fourth-order valence-electron chi connectivity index (χ4n) is 3.12. The van der Waals surface area contributed by atoms with Crippen LogP contribution >= 0.6 is 0 Å². The van der Waals surface area contributed by atoms with Gasteiger partial charge in [-0.3, -0.25) is 0 Å². The third kappa shape index (κ3) is 3.83. The van der Waals surface area contributed by atoms with E-state index in [1.807, 2.05) is 0 Å². The normalized spacial score (nSPS) is 20.9. The van der Waals surface area contributed by atoms with Crippen molar-refractivity contribution < 1.29 is 5.11 Å². The highest BCUT2D eigenvalue weighted by Crippen LogP contribution is 2.39. The second-order valence-corrected chi connectivity index (χ2v) is 7.36. The predicted molar refractivity (Wildman–Crippen MR) is 84.8 cm³/mol. The summed E-state index contributed by atoms with van der Waals surface area (Å²) in [4.78, 5) is 0. The first-order valence-electron chi connectivity index (χ1n) is 7.80. The Labute approximate surface area is 123 Å². The van der Waals surface area contributed by atoms with Crippen LogP contribution in [-0.4, -0.2) is 17.3 Å². The molecule has 2 rings (SSSR count). The average Bonchev–Trinajstić information content (AvgIpc) is 2.38. The van der Waals surface area contributed by atoms with Crippen molar-refractivity contribution in [2.45, 2.75) is 65.5 Å². The van der Waals surface area contributed by atoms with Crippen LogP contribution in [-0.2, 0) is 6.54 Å². The highest BCUT2D eigenvalue weighted by Gasteiger charge is 2.36. The largest absolute Gasteiger partial charge is 0.389 e. The standard InChI is InChI=1S/C18H29NO/c1-14-6-5-7-15(2)16(14)12-19-13-18(20)10-8-17(3,4)9-11-18/h5-7,19-20H,8-13H2,1-4H3. The third-order valence-corrected chi connectivity index (χ3v) is 4.93. The second kappa shape index (κ2) is 5.87. The summed E-state index contributed by atoms with van der Waals surface area (Å²) in [5, 5.41) is 14.1. The molecule has 0 amide bonds. The minimum Gasteiger partial charge on any atom is -0.389 e. The predicted octanol–water partition coefficient (Wildman–Crippen LogP) is 3.72. The number of benzene rings is 1. The SMILES string of the molecule is Cc1cccc(C)c1CNCC1(O)CCC(C)(C)CC1. The highest BCUT2D eigenvalue weighted by molar-refractivity contribution is 5.33. The lowest BCUT2D eigenvalue weighted by atomic mass is 9.71. The van der Waals surface area contributed by atoms with Crippen LogP contribution < -0.4 is 5.32 Å². The highest BCUT2D eigenvalue weighted by atomic mass is 16.3. The monoisotopic (exact) mass is 275 g/mol. The van der Waals surface area contributed by atoms with E-state index in [0.29, 0.717) is 12.0 Å². The molecule has 0 aromatic heterocycles. The van der Waals surface area contributed by atoms with E-state index in [9.17, 15) is 5.11 Å². The molecule has 0 bridgehead atoms. The van der Waals surface area contributed by atoms with Gasteiger partial charge in [0.15, 0.2) is 0 Å². The molecule has 0 aliphatic heterocycles. The molecule has 1 aromatic carbocycles. The fraction of sp³-hybridized carbons (Fsp3) is 0.667. The van der Waals surface area contributed by atoms with Gasteiger partial charge in [0, 0.05) is 13.1 Å². The van der Waals surface area contributed by atoms with Crippen molar-refractivity contribution >= 4 is 0 Å². The molecular formula is C18H29NO. The van der Waals surface area contributed by atoms with Gasteiger partial charge in [-0.1, -0.05) is 32.0 Å². The molecule has 0 unspecified atom stereocenters. The van der Waals surface area contributed by atoms with Crippen LogP contribution in [0.4, 0.5) is 0 Å². The summed E-state index contributed by atoms with van der Waals surface area (Å²) in [6.45, 7) is 10.5. The quantitative estimate of drug-likeness (QED) is 0.877. The number of aliphatic hydroxyl groups is 1. The van der Waals surface area contributed by atoms with E-state index < -0.39 is 5.60 Å². The smallest absolute Gasteiger partial charge is 0.0772 e. The van der Waals surface area contributed by atoms with E-state index in [1.54, 1.807) is 0 Å². The van der Waals surface area contributed by atoms with Crippen molar-refractivity contribution in [3.05, 3.63) is 34.9 Å². The number of aryl methyl sites for hydroxylation is 2. The van der Waals surface area contributed by atoms with Gasteiger partial charge in [0.05, 0.1) is 5.60 Å². The fourth-order valence-corrected chi connectivity index (χ4v) is 3.12. The first kappa shape index (κ1) is 15.5. The van der Waals surface area contributed by atoms with Crippen molar-refractivity contribution in [2.75, 3.05) is 6.54 Å². The van der Waals surface area contributed by atoms with Crippen LogP contribution in [0.1, 0.15) is 56.2 Å². The molecule has 1 aromatic rings.